The average molecular weight is 361 g/mol. The first-order chi connectivity index (χ1) is 13.2. The highest BCUT2D eigenvalue weighted by Gasteiger charge is 2.25. The lowest BCUT2D eigenvalue weighted by atomic mass is 10.1. The normalized spacial score (nSPS) is 11.3. The van der Waals surface area contributed by atoms with Crippen LogP contribution in [0.15, 0.2) is 84.9 Å². The van der Waals surface area contributed by atoms with Crippen LogP contribution < -0.4 is 10.1 Å². The van der Waals surface area contributed by atoms with E-state index in [4.69, 9.17) is 9.47 Å². The summed E-state index contributed by atoms with van der Waals surface area (Å²) in [6, 6.07) is 24.4. The summed E-state index contributed by atoms with van der Waals surface area (Å²) in [5.74, 6) is -0.394. The fourth-order valence-corrected chi connectivity index (χ4v) is 2.56. The van der Waals surface area contributed by atoms with Crippen molar-refractivity contribution in [3.63, 3.8) is 0 Å². The van der Waals surface area contributed by atoms with Gasteiger partial charge in [0.15, 0.2) is 0 Å². The zero-order chi connectivity index (χ0) is 19.1. The van der Waals surface area contributed by atoms with Crippen molar-refractivity contribution in [3.05, 3.63) is 96.1 Å². The van der Waals surface area contributed by atoms with E-state index < -0.39 is 18.0 Å². The molecule has 0 unspecified atom stereocenters. The fraction of sp³-hybridized carbons (Fsp3) is 0.0909. The first kappa shape index (κ1) is 18.2. The van der Waals surface area contributed by atoms with Crippen LogP contribution in [-0.4, -0.2) is 19.0 Å². The number of rotatable bonds is 6. The third kappa shape index (κ3) is 4.73. The van der Waals surface area contributed by atoms with Crippen LogP contribution >= 0.6 is 0 Å². The second kappa shape index (κ2) is 8.67. The van der Waals surface area contributed by atoms with Gasteiger partial charge < -0.3 is 14.8 Å². The number of anilines is 1. The predicted octanol–water partition coefficient (Wildman–Crippen LogP) is 4.23. The Balaban J connectivity index is 1.83. The van der Waals surface area contributed by atoms with Crippen LogP contribution in [0.3, 0.4) is 0 Å². The number of ether oxygens (including phenoxy) is 2. The first-order valence-corrected chi connectivity index (χ1v) is 8.43. The van der Waals surface area contributed by atoms with E-state index in [2.05, 4.69) is 5.32 Å². The Kier molecular flexibility index (Phi) is 5.84. The number of benzene rings is 3. The van der Waals surface area contributed by atoms with Gasteiger partial charge in [0.05, 0.1) is 12.7 Å². The van der Waals surface area contributed by atoms with E-state index in [-0.39, 0.29) is 0 Å². The van der Waals surface area contributed by atoms with Gasteiger partial charge >= 0.3 is 5.97 Å². The Labute approximate surface area is 157 Å². The third-order valence-corrected chi connectivity index (χ3v) is 3.91. The smallest absolute Gasteiger partial charge is 0.339 e. The SMILES string of the molecule is COc1cccc(NC(=O)[C@@H](OC(=O)c2ccccc2)c2ccccc2)c1. The van der Waals surface area contributed by atoms with Gasteiger partial charge in [-0.1, -0.05) is 54.6 Å². The van der Waals surface area contributed by atoms with Gasteiger partial charge in [0.1, 0.15) is 5.75 Å². The highest BCUT2D eigenvalue weighted by atomic mass is 16.5. The molecule has 0 radical (unpaired) electrons. The van der Waals surface area contributed by atoms with Gasteiger partial charge in [-0.05, 0) is 24.3 Å². The predicted molar refractivity (Wildman–Crippen MR) is 103 cm³/mol. The summed E-state index contributed by atoms with van der Waals surface area (Å²) in [5, 5.41) is 2.78. The molecular formula is C22H19NO4. The topological polar surface area (TPSA) is 64.6 Å². The van der Waals surface area contributed by atoms with Gasteiger partial charge in [0, 0.05) is 17.3 Å². The lowest BCUT2D eigenvalue weighted by Crippen LogP contribution is -2.26. The summed E-state index contributed by atoms with van der Waals surface area (Å²) in [7, 11) is 1.55. The molecule has 0 aliphatic heterocycles. The number of amides is 1. The second-order valence-electron chi connectivity index (χ2n) is 5.78. The minimum atomic E-state index is -1.08. The maximum absolute atomic E-state index is 12.9. The standard InChI is InChI=1S/C22H19NO4/c1-26-19-14-8-13-18(15-19)23-21(24)20(16-9-4-2-5-10-16)27-22(25)17-11-6-3-7-12-17/h2-15,20H,1H3,(H,23,24)/t20-/m0/s1. The van der Waals surface area contributed by atoms with E-state index in [0.29, 0.717) is 22.6 Å². The van der Waals surface area contributed by atoms with Crippen molar-refractivity contribution in [2.45, 2.75) is 6.10 Å². The minimum absolute atomic E-state index is 0.382. The van der Waals surface area contributed by atoms with E-state index >= 15 is 0 Å². The molecule has 136 valence electrons. The second-order valence-corrected chi connectivity index (χ2v) is 5.78. The lowest BCUT2D eigenvalue weighted by molar-refractivity contribution is -0.125. The Morgan fingerprint density at radius 2 is 1.52 bits per heavy atom. The molecule has 27 heavy (non-hydrogen) atoms. The van der Waals surface area contributed by atoms with Crippen molar-refractivity contribution >= 4 is 17.6 Å². The largest absolute Gasteiger partial charge is 0.497 e. The molecule has 0 aromatic heterocycles. The van der Waals surface area contributed by atoms with E-state index in [9.17, 15) is 9.59 Å². The molecule has 5 nitrogen and oxygen atoms in total. The highest BCUT2D eigenvalue weighted by molar-refractivity contribution is 5.98. The van der Waals surface area contributed by atoms with Gasteiger partial charge in [-0.15, -0.1) is 0 Å². The van der Waals surface area contributed by atoms with E-state index in [1.807, 2.05) is 6.07 Å². The molecule has 0 saturated heterocycles. The molecule has 0 aliphatic carbocycles. The number of hydrogen-bond acceptors (Lipinski definition) is 4. The molecule has 0 heterocycles. The third-order valence-electron chi connectivity index (χ3n) is 3.91. The molecule has 0 bridgehead atoms. The quantitative estimate of drug-likeness (QED) is 0.667. The fourth-order valence-electron chi connectivity index (χ4n) is 2.56. The molecule has 3 rings (SSSR count). The van der Waals surface area contributed by atoms with E-state index in [1.165, 1.54) is 0 Å². The lowest BCUT2D eigenvalue weighted by Gasteiger charge is -2.18. The molecule has 3 aromatic carbocycles. The van der Waals surface area contributed by atoms with Gasteiger partial charge in [0.25, 0.3) is 5.91 Å². The van der Waals surface area contributed by atoms with Crippen molar-refractivity contribution in [2.75, 3.05) is 12.4 Å². The Hall–Kier alpha value is -3.60. The summed E-state index contributed by atoms with van der Waals surface area (Å²) in [4.78, 5) is 25.3. The molecule has 0 fully saturated rings. The Morgan fingerprint density at radius 1 is 0.852 bits per heavy atom. The summed E-state index contributed by atoms with van der Waals surface area (Å²) in [5.41, 5.74) is 1.52. The zero-order valence-corrected chi connectivity index (χ0v) is 14.8. The minimum Gasteiger partial charge on any atom is -0.497 e. The first-order valence-electron chi connectivity index (χ1n) is 8.43. The maximum atomic E-state index is 12.9. The van der Waals surface area contributed by atoms with Crippen molar-refractivity contribution < 1.29 is 19.1 Å². The molecule has 1 amide bonds. The van der Waals surface area contributed by atoms with Gasteiger partial charge in [-0.2, -0.15) is 0 Å². The zero-order valence-electron chi connectivity index (χ0n) is 14.8. The number of esters is 1. The summed E-state index contributed by atoms with van der Waals surface area (Å²) < 4.78 is 10.7. The van der Waals surface area contributed by atoms with Crippen LogP contribution in [0, 0.1) is 0 Å². The van der Waals surface area contributed by atoms with Crippen LogP contribution in [0.1, 0.15) is 22.0 Å². The van der Waals surface area contributed by atoms with Gasteiger partial charge in [-0.25, -0.2) is 4.79 Å². The molecule has 0 spiro atoms. The van der Waals surface area contributed by atoms with Gasteiger partial charge in [0.2, 0.25) is 6.10 Å². The van der Waals surface area contributed by atoms with E-state index in [0.717, 1.165) is 0 Å². The molecule has 0 aliphatic rings. The van der Waals surface area contributed by atoms with Crippen LogP contribution in [0.5, 0.6) is 5.75 Å². The Morgan fingerprint density at radius 3 is 2.19 bits per heavy atom. The molecule has 1 N–H and O–H groups in total. The average Bonchev–Trinajstić information content (AvgIpc) is 2.73. The van der Waals surface area contributed by atoms with Crippen LogP contribution in [-0.2, 0) is 9.53 Å². The van der Waals surface area contributed by atoms with Gasteiger partial charge in [-0.3, -0.25) is 4.79 Å². The van der Waals surface area contributed by atoms with Crippen molar-refractivity contribution in [2.24, 2.45) is 0 Å². The molecule has 5 heteroatoms. The number of methoxy groups -OCH3 is 1. The van der Waals surface area contributed by atoms with Crippen LogP contribution in [0.25, 0.3) is 0 Å². The van der Waals surface area contributed by atoms with Crippen LogP contribution in [0.2, 0.25) is 0 Å². The van der Waals surface area contributed by atoms with Crippen LogP contribution in [0.4, 0.5) is 5.69 Å². The molecule has 3 aromatic rings. The number of carbonyl (C=O) groups is 2. The molecule has 1 atom stereocenters. The molecular weight excluding hydrogens is 342 g/mol. The van der Waals surface area contributed by atoms with E-state index in [1.54, 1.807) is 86.0 Å². The number of carbonyl (C=O) groups excluding carboxylic acids is 2. The van der Waals surface area contributed by atoms with Crippen molar-refractivity contribution in [1.29, 1.82) is 0 Å². The maximum Gasteiger partial charge on any atom is 0.339 e. The molecule has 0 saturated carbocycles. The summed E-state index contributed by atoms with van der Waals surface area (Å²) in [6.45, 7) is 0. The number of nitrogens with one attached hydrogen (secondary N) is 1. The summed E-state index contributed by atoms with van der Waals surface area (Å²) >= 11 is 0. The van der Waals surface area contributed by atoms with Crippen molar-refractivity contribution in [1.82, 2.24) is 0 Å². The summed E-state index contributed by atoms with van der Waals surface area (Å²) in [6.07, 6.45) is -1.08. The van der Waals surface area contributed by atoms with Crippen molar-refractivity contribution in [3.8, 4) is 5.75 Å². The Bertz CT molecular complexity index is 910. The highest BCUT2D eigenvalue weighted by Crippen LogP contribution is 2.23. The monoisotopic (exact) mass is 361 g/mol. The number of hydrogen-bond donors (Lipinski definition) is 1.